The molecule has 0 saturated carbocycles. The zero-order valence-electron chi connectivity index (χ0n) is 9.08. The number of aliphatic carboxylic acids is 1. The highest BCUT2D eigenvalue weighted by Crippen LogP contribution is 2.42. The van der Waals surface area contributed by atoms with Gasteiger partial charge in [-0.05, 0) is 29.7 Å². The van der Waals surface area contributed by atoms with Crippen molar-refractivity contribution in [1.29, 1.82) is 0 Å². The van der Waals surface area contributed by atoms with Crippen molar-refractivity contribution in [3.05, 3.63) is 17.5 Å². The van der Waals surface area contributed by atoms with Gasteiger partial charge in [-0.2, -0.15) is 5.10 Å². The van der Waals surface area contributed by atoms with E-state index in [1.807, 2.05) is 0 Å². The maximum atomic E-state index is 10.8. The summed E-state index contributed by atoms with van der Waals surface area (Å²) >= 11 is 0. The molecule has 0 saturated heterocycles. The Hall–Kier alpha value is -1.32. The van der Waals surface area contributed by atoms with Crippen LogP contribution in [0.5, 0.6) is 0 Å². The van der Waals surface area contributed by atoms with E-state index >= 15 is 0 Å². The molecular formula is C11H16N2O2. The second kappa shape index (κ2) is 3.36. The first-order chi connectivity index (χ1) is 6.98. The third-order valence-electron chi connectivity index (χ3n) is 3.07. The van der Waals surface area contributed by atoms with E-state index in [2.05, 4.69) is 24.0 Å². The first-order valence-corrected chi connectivity index (χ1v) is 5.22. The van der Waals surface area contributed by atoms with Gasteiger partial charge in [0, 0.05) is 5.69 Å². The summed E-state index contributed by atoms with van der Waals surface area (Å²) in [5, 5.41) is 15.9. The Morgan fingerprint density at radius 2 is 2.47 bits per heavy atom. The van der Waals surface area contributed by atoms with Crippen molar-refractivity contribution in [1.82, 2.24) is 10.2 Å². The minimum absolute atomic E-state index is 0.111. The van der Waals surface area contributed by atoms with E-state index in [9.17, 15) is 4.79 Å². The summed E-state index contributed by atoms with van der Waals surface area (Å²) in [6.07, 6.45) is 3.86. The van der Waals surface area contributed by atoms with Crippen LogP contribution in [-0.2, 0) is 11.2 Å². The number of hydrogen-bond acceptors (Lipinski definition) is 2. The van der Waals surface area contributed by atoms with E-state index < -0.39 is 5.97 Å². The summed E-state index contributed by atoms with van der Waals surface area (Å²) in [6.45, 7) is 4.34. The Labute approximate surface area is 88.7 Å². The molecule has 0 amide bonds. The average molecular weight is 208 g/mol. The third-order valence-corrected chi connectivity index (χ3v) is 3.07. The molecule has 82 valence electrons. The average Bonchev–Trinajstić information content (AvgIpc) is 2.48. The molecule has 0 bridgehead atoms. The van der Waals surface area contributed by atoms with Crippen molar-refractivity contribution < 1.29 is 9.90 Å². The SMILES string of the molecule is CC1(C)Cc2[nH]ncc2C(CC(=O)O)C1. The zero-order chi connectivity index (χ0) is 11.1. The summed E-state index contributed by atoms with van der Waals surface area (Å²) < 4.78 is 0. The second-order valence-corrected chi connectivity index (χ2v) is 5.14. The lowest BCUT2D eigenvalue weighted by Crippen LogP contribution is -2.26. The molecule has 1 aliphatic carbocycles. The van der Waals surface area contributed by atoms with Crippen LogP contribution in [0.2, 0.25) is 0 Å². The Morgan fingerprint density at radius 1 is 1.73 bits per heavy atom. The van der Waals surface area contributed by atoms with Crippen LogP contribution >= 0.6 is 0 Å². The highest BCUT2D eigenvalue weighted by molar-refractivity contribution is 5.68. The molecule has 0 aromatic carbocycles. The topological polar surface area (TPSA) is 66.0 Å². The monoisotopic (exact) mass is 208 g/mol. The summed E-state index contributed by atoms with van der Waals surface area (Å²) in [5.74, 6) is -0.621. The van der Waals surface area contributed by atoms with Crippen LogP contribution in [0.4, 0.5) is 0 Å². The van der Waals surface area contributed by atoms with E-state index in [4.69, 9.17) is 5.11 Å². The molecule has 4 nitrogen and oxygen atoms in total. The van der Waals surface area contributed by atoms with Crippen molar-refractivity contribution in [2.24, 2.45) is 5.41 Å². The van der Waals surface area contributed by atoms with Crippen molar-refractivity contribution in [2.45, 2.75) is 39.0 Å². The minimum atomic E-state index is -0.732. The lowest BCUT2D eigenvalue weighted by Gasteiger charge is -2.34. The molecule has 0 spiro atoms. The molecule has 2 N–H and O–H groups in total. The summed E-state index contributed by atoms with van der Waals surface area (Å²) in [6, 6.07) is 0. The molecule has 1 atom stereocenters. The fourth-order valence-electron chi connectivity index (χ4n) is 2.54. The molecule has 1 aliphatic rings. The van der Waals surface area contributed by atoms with Gasteiger partial charge in [-0.3, -0.25) is 9.89 Å². The van der Waals surface area contributed by atoms with Gasteiger partial charge in [0.1, 0.15) is 0 Å². The first kappa shape index (κ1) is 10.2. The van der Waals surface area contributed by atoms with Gasteiger partial charge in [0.05, 0.1) is 12.6 Å². The van der Waals surface area contributed by atoms with Gasteiger partial charge >= 0.3 is 5.97 Å². The number of H-pyrrole nitrogens is 1. The van der Waals surface area contributed by atoms with Gasteiger partial charge in [0.25, 0.3) is 0 Å². The quantitative estimate of drug-likeness (QED) is 0.780. The van der Waals surface area contributed by atoms with Crippen LogP contribution in [-0.4, -0.2) is 21.3 Å². The van der Waals surface area contributed by atoms with Crippen molar-refractivity contribution in [2.75, 3.05) is 0 Å². The molecule has 1 aromatic rings. The molecule has 0 fully saturated rings. The smallest absolute Gasteiger partial charge is 0.303 e. The molecule has 0 radical (unpaired) electrons. The van der Waals surface area contributed by atoms with Crippen LogP contribution in [0.15, 0.2) is 6.20 Å². The van der Waals surface area contributed by atoms with E-state index in [-0.39, 0.29) is 17.8 Å². The van der Waals surface area contributed by atoms with Gasteiger partial charge in [-0.15, -0.1) is 0 Å². The Kier molecular flexibility index (Phi) is 2.29. The Bertz CT molecular complexity index is 382. The number of carboxylic acids is 1. The van der Waals surface area contributed by atoms with Crippen LogP contribution < -0.4 is 0 Å². The minimum Gasteiger partial charge on any atom is -0.481 e. The van der Waals surface area contributed by atoms with Crippen molar-refractivity contribution >= 4 is 5.97 Å². The largest absolute Gasteiger partial charge is 0.481 e. The molecule has 1 unspecified atom stereocenters. The lowest BCUT2D eigenvalue weighted by molar-refractivity contribution is -0.137. The fourth-order valence-corrected chi connectivity index (χ4v) is 2.54. The van der Waals surface area contributed by atoms with Crippen LogP contribution in [0, 0.1) is 5.41 Å². The predicted molar refractivity (Wildman–Crippen MR) is 55.7 cm³/mol. The van der Waals surface area contributed by atoms with Gasteiger partial charge in [0.15, 0.2) is 0 Å². The highest BCUT2D eigenvalue weighted by atomic mass is 16.4. The first-order valence-electron chi connectivity index (χ1n) is 5.22. The van der Waals surface area contributed by atoms with Crippen molar-refractivity contribution in [3.63, 3.8) is 0 Å². The normalized spacial score (nSPS) is 23.5. The van der Waals surface area contributed by atoms with Gasteiger partial charge in [-0.25, -0.2) is 0 Å². The molecule has 2 rings (SSSR count). The van der Waals surface area contributed by atoms with Crippen LogP contribution in [0.25, 0.3) is 0 Å². The number of nitrogens with zero attached hydrogens (tertiary/aromatic N) is 1. The zero-order valence-corrected chi connectivity index (χ0v) is 9.08. The van der Waals surface area contributed by atoms with E-state index in [1.165, 1.54) is 0 Å². The number of fused-ring (bicyclic) bond motifs is 1. The maximum Gasteiger partial charge on any atom is 0.303 e. The van der Waals surface area contributed by atoms with Gasteiger partial charge < -0.3 is 5.11 Å². The van der Waals surface area contributed by atoms with E-state index in [1.54, 1.807) is 6.20 Å². The fraction of sp³-hybridized carbons (Fsp3) is 0.636. The molecule has 15 heavy (non-hydrogen) atoms. The number of nitrogens with one attached hydrogen (secondary N) is 1. The number of rotatable bonds is 2. The Balaban J connectivity index is 2.29. The maximum absolute atomic E-state index is 10.8. The number of carboxylic acid groups (broad SMARTS) is 1. The van der Waals surface area contributed by atoms with Gasteiger partial charge in [-0.1, -0.05) is 13.8 Å². The van der Waals surface area contributed by atoms with Crippen molar-refractivity contribution in [3.8, 4) is 0 Å². The summed E-state index contributed by atoms with van der Waals surface area (Å²) in [4.78, 5) is 10.8. The molecule has 1 aromatic heterocycles. The number of carbonyl (C=O) groups is 1. The molecule has 1 heterocycles. The number of hydrogen-bond donors (Lipinski definition) is 2. The summed E-state index contributed by atoms with van der Waals surface area (Å²) in [7, 11) is 0. The number of aromatic amines is 1. The second-order valence-electron chi connectivity index (χ2n) is 5.14. The van der Waals surface area contributed by atoms with E-state index in [0.717, 1.165) is 24.1 Å². The summed E-state index contributed by atoms with van der Waals surface area (Å²) in [5.41, 5.74) is 2.37. The van der Waals surface area contributed by atoms with Gasteiger partial charge in [0.2, 0.25) is 0 Å². The predicted octanol–water partition coefficient (Wildman–Crippen LogP) is 1.94. The molecule has 0 aliphatic heterocycles. The molecule has 4 heteroatoms. The van der Waals surface area contributed by atoms with Crippen LogP contribution in [0.1, 0.15) is 43.9 Å². The standard InChI is InChI=1S/C11H16N2O2/c1-11(2)4-7(3-10(14)15)8-6-12-13-9(8)5-11/h6-7H,3-5H2,1-2H3,(H,12,13)(H,14,15). The molecular weight excluding hydrogens is 192 g/mol. The Morgan fingerprint density at radius 3 is 3.13 bits per heavy atom. The van der Waals surface area contributed by atoms with Crippen LogP contribution in [0.3, 0.4) is 0 Å². The number of aromatic nitrogens is 2. The third kappa shape index (κ3) is 2.03. The highest BCUT2D eigenvalue weighted by Gasteiger charge is 2.34. The lowest BCUT2D eigenvalue weighted by atomic mass is 9.70. The van der Waals surface area contributed by atoms with E-state index in [0.29, 0.717) is 0 Å².